The van der Waals surface area contributed by atoms with Gasteiger partial charge in [0.25, 0.3) is 0 Å². The van der Waals surface area contributed by atoms with Gasteiger partial charge in [-0.1, -0.05) is 23.7 Å². The summed E-state index contributed by atoms with van der Waals surface area (Å²) in [5.74, 6) is -1.77. The number of para-hydroxylation sites is 1. The van der Waals surface area contributed by atoms with Gasteiger partial charge in [0.2, 0.25) is 15.9 Å². The summed E-state index contributed by atoms with van der Waals surface area (Å²) in [7, 11) is -3.89. The topological polar surface area (TPSA) is 87.3 Å². The molecule has 1 saturated heterocycles. The van der Waals surface area contributed by atoms with Crippen molar-refractivity contribution in [3.8, 4) is 0 Å². The van der Waals surface area contributed by atoms with E-state index < -0.39 is 38.9 Å². The molecule has 10 heteroatoms. The van der Waals surface area contributed by atoms with Gasteiger partial charge in [0, 0.05) is 12.2 Å². The lowest BCUT2D eigenvalue weighted by Crippen LogP contribution is -2.35. The predicted octanol–water partition coefficient (Wildman–Crippen LogP) is 2.73. The van der Waals surface area contributed by atoms with Crippen molar-refractivity contribution < 1.29 is 22.0 Å². The molecule has 0 aromatic heterocycles. The number of hydrogen-bond acceptors (Lipinski definition) is 4. The Morgan fingerprint density at radius 2 is 1.89 bits per heavy atom. The van der Waals surface area contributed by atoms with E-state index in [0.29, 0.717) is 5.69 Å². The molecule has 2 aromatic carbocycles. The van der Waals surface area contributed by atoms with Gasteiger partial charge in [-0.2, -0.15) is 0 Å². The number of carbonyl (C=O) groups is 1. The highest BCUT2D eigenvalue weighted by Gasteiger charge is 2.37. The Balaban J connectivity index is 1.64. The molecule has 1 aliphatic rings. The van der Waals surface area contributed by atoms with Crippen molar-refractivity contribution in [3.63, 3.8) is 0 Å². The van der Waals surface area contributed by atoms with E-state index in [2.05, 4.69) is 15.4 Å². The zero-order valence-corrected chi connectivity index (χ0v) is 15.4. The van der Waals surface area contributed by atoms with Gasteiger partial charge in [0.15, 0.2) is 0 Å². The van der Waals surface area contributed by atoms with Gasteiger partial charge in [0.05, 0.1) is 22.0 Å². The largest absolute Gasteiger partial charge is 0.325 e. The Hall–Kier alpha value is -2.23. The summed E-state index contributed by atoms with van der Waals surface area (Å²) in [6.45, 7) is 0.0338. The second-order valence-corrected chi connectivity index (χ2v) is 8.43. The fraction of sp³-hybridized carbons (Fsp3) is 0.235. The van der Waals surface area contributed by atoms with Gasteiger partial charge >= 0.3 is 0 Å². The molecular weight excluding hydrogens is 400 g/mol. The molecule has 0 aliphatic carbocycles. The van der Waals surface area contributed by atoms with Crippen LogP contribution >= 0.6 is 11.6 Å². The Bertz CT molecular complexity index is 972. The van der Waals surface area contributed by atoms with Gasteiger partial charge in [-0.3, -0.25) is 9.52 Å². The average Bonchev–Trinajstić information content (AvgIpc) is 3.11. The summed E-state index contributed by atoms with van der Waals surface area (Å²) < 4.78 is 54.0. The van der Waals surface area contributed by atoms with E-state index >= 15 is 0 Å². The van der Waals surface area contributed by atoms with Crippen LogP contribution in [0.3, 0.4) is 0 Å². The molecule has 3 N–H and O–H groups in total. The number of anilines is 2. The van der Waals surface area contributed by atoms with Crippen LogP contribution in [0, 0.1) is 11.6 Å². The van der Waals surface area contributed by atoms with Crippen molar-refractivity contribution in [2.24, 2.45) is 0 Å². The van der Waals surface area contributed by atoms with Crippen LogP contribution in [0.2, 0.25) is 5.02 Å². The van der Waals surface area contributed by atoms with E-state index in [0.717, 1.165) is 12.1 Å². The molecule has 0 radical (unpaired) electrons. The lowest BCUT2D eigenvalue weighted by molar-refractivity contribution is -0.117. The van der Waals surface area contributed by atoms with E-state index in [1.165, 1.54) is 30.3 Å². The molecule has 1 fully saturated rings. The van der Waals surface area contributed by atoms with Crippen molar-refractivity contribution in [2.75, 3.05) is 16.6 Å². The normalized spacial score (nSPS) is 19.7. The first-order valence-corrected chi connectivity index (χ1v) is 9.94. The number of nitrogens with one attached hydrogen (secondary N) is 3. The highest BCUT2D eigenvalue weighted by Crippen LogP contribution is 2.23. The van der Waals surface area contributed by atoms with Crippen molar-refractivity contribution in [3.05, 3.63) is 59.1 Å². The number of hydrogen-bond donors (Lipinski definition) is 3. The Kier molecular flexibility index (Phi) is 5.64. The number of sulfonamides is 1. The fourth-order valence-electron chi connectivity index (χ4n) is 2.72. The minimum absolute atomic E-state index is 0.00451. The fourth-order valence-corrected chi connectivity index (χ4v) is 4.30. The van der Waals surface area contributed by atoms with Crippen LogP contribution in [0.15, 0.2) is 42.5 Å². The summed E-state index contributed by atoms with van der Waals surface area (Å²) >= 11 is 5.67. The minimum atomic E-state index is -3.89. The number of rotatable bonds is 5. The molecular formula is C17H16ClF2N3O3S. The van der Waals surface area contributed by atoms with Crippen molar-refractivity contribution in [2.45, 2.75) is 17.7 Å². The van der Waals surface area contributed by atoms with Crippen LogP contribution in [-0.2, 0) is 14.8 Å². The molecule has 1 heterocycles. The summed E-state index contributed by atoms with van der Waals surface area (Å²) in [5, 5.41) is 4.33. The number of halogens is 3. The molecule has 6 nitrogen and oxygen atoms in total. The first-order chi connectivity index (χ1) is 12.8. The van der Waals surface area contributed by atoms with E-state index in [1.54, 1.807) is 0 Å². The maximum absolute atomic E-state index is 13.7. The summed E-state index contributed by atoms with van der Waals surface area (Å²) in [6, 6.07) is 8.39. The minimum Gasteiger partial charge on any atom is -0.325 e. The quantitative estimate of drug-likeness (QED) is 0.700. The molecule has 0 saturated carbocycles. The Morgan fingerprint density at radius 3 is 2.59 bits per heavy atom. The van der Waals surface area contributed by atoms with Crippen LogP contribution in [0.5, 0.6) is 0 Å². The molecule has 1 amide bonds. The first kappa shape index (κ1) is 19.5. The van der Waals surface area contributed by atoms with Gasteiger partial charge in [-0.15, -0.1) is 0 Å². The maximum atomic E-state index is 13.7. The SMILES string of the molecule is O=C(Nc1ccc(F)c(Cl)c1)C1CC(S(=O)(=O)Nc2ccccc2F)CN1. The van der Waals surface area contributed by atoms with Crippen LogP contribution in [0.1, 0.15) is 6.42 Å². The van der Waals surface area contributed by atoms with Gasteiger partial charge in [0.1, 0.15) is 11.6 Å². The van der Waals surface area contributed by atoms with Crippen LogP contribution < -0.4 is 15.4 Å². The predicted molar refractivity (Wildman–Crippen MR) is 99.2 cm³/mol. The molecule has 0 spiro atoms. The van der Waals surface area contributed by atoms with E-state index in [1.807, 2.05) is 0 Å². The summed E-state index contributed by atoms with van der Waals surface area (Å²) in [5.41, 5.74) is 0.148. The standard InChI is InChI=1S/C17H16ClF2N3O3S/c18-12-7-10(5-6-13(12)19)22-17(24)16-8-11(9-21-16)27(25,26)23-15-4-2-1-3-14(15)20/h1-7,11,16,21,23H,8-9H2,(H,22,24). The van der Waals surface area contributed by atoms with Gasteiger partial charge in [-0.05, 0) is 36.8 Å². The first-order valence-electron chi connectivity index (χ1n) is 8.02. The van der Waals surface area contributed by atoms with E-state index in [9.17, 15) is 22.0 Å². The van der Waals surface area contributed by atoms with E-state index in [-0.39, 0.29) is 23.7 Å². The summed E-state index contributed by atoms with van der Waals surface area (Å²) in [6.07, 6.45) is 0.00451. The summed E-state index contributed by atoms with van der Waals surface area (Å²) in [4.78, 5) is 12.3. The molecule has 1 aliphatic heterocycles. The third-order valence-electron chi connectivity index (χ3n) is 4.16. The monoisotopic (exact) mass is 415 g/mol. The van der Waals surface area contributed by atoms with Crippen LogP contribution in [0.4, 0.5) is 20.2 Å². The molecule has 27 heavy (non-hydrogen) atoms. The van der Waals surface area contributed by atoms with Gasteiger partial charge in [-0.25, -0.2) is 17.2 Å². The lowest BCUT2D eigenvalue weighted by Gasteiger charge is -2.14. The van der Waals surface area contributed by atoms with Crippen LogP contribution in [-0.4, -0.2) is 32.2 Å². The third kappa shape index (κ3) is 4.55. The van der Waals surface area contributed by atoms with Crippen molar-refractivity contribution in [1.29, 1.82) is 0 Å². The number of amides is 1. The second-order valence-electron chi connectivity index (χ2n) is 6.06. The zero-order valence-electron chi connectivity index (χ0n) is 13.9. The Morgan fingerprint density at radius 1 is 1.15 bits per heavy atom. The third-order valence-corrected chi connectivity index (χ3v) is 6.19. The number of carbonyl (C=O) groups excluding carboxylic acids is 1. The smallest absolute Gasteiger partial charge is 0.241 e. The van der Waals surface area contributed by atoms with Gasteiger partial charge < -0.3 is 10.6 Å². The maximum Gasteiger partial charge on any atom is 0.241 e. The molecule has 2 aromatic rings. The zero-order chi connectivity index (χ0) is 19.6. The molecule has 2 unspecified atom stereocenters. The highest BCUT2D eigenvalue weighted by atomic mass is 35.5. The second kappa shape index (κ2) is 7.79. The average molecular weight is 416 g/mol. The van der Waals surface area contributed by atoms with E-state index in [4.69, 9.17) is 11.6 Å². The highest BCUT2D eigenvalue weighted by molar-refractivity contribution is 7.93. The molecule has 2 atom stereocenters. The van der Waals surface area contributed by atoms with Crippen molar-refractivity contribution in [1.82, 2.24) is 5.32 Å². The van der Waals surface area contributed by atoms with Crippen molar-refractivity contribution >= 4 is 38.9 Å². The molecule has 0 bridgehead atoms. The number of benzene rings is 2. The Labute approximate surface area is 160 Å². The van der Waals surface area contributed by atoms with Crippen LogP contribution in [0.25, 0.3) is 0 Å². The molecule has 144 valence electrons. The molecule has 3 rings (SSSR count). The lowest BCUT2D eigenvalue weighted by atomic mass is 10.2.